The monoisotopic (exact) mass is 325 g/mol. The van der Waals surface area contributed by atoms with E-state index in [1.165, 1.54) is 12.8 Å². The first-order valence-corrected chi connectivity index (χ1v) is 9.14. The van der Waals surface area contributed by atoms with E-state index in [9.17, 15) is 9.59 Å². The maximum absolute atomic E-state index is 12.5. The van der Waals surface area contributed by atoms with E-state index in [1.54, 1.807) is 0 Å². The lowest BCUT2D eigenvalue weighted by atomic mass is 9.80. The Labute approximate surface area is 139 Å². The lowest BCUT2D eigenvalue weighted by molar-refractivity contribution is -0.144. The number of carboxylic acids is 1. The van der Waals surface area contributed by atoms with E-state index >= 15 is 0 Å². The highest BCUT2D eigenvalue weighted by Crippen LogP contribution is 2.40. The second-order valence-corrected chi connectivity index (χ2v) is 7.27. The van der Waals surface area contributed by atoms with E-state index in [0.29, 0.717) is 19.4 Å². The number of carboxylic acid groups (broad SMARTS) is 1. The molecule has 2 saturated carbocycles. The van der Waals surface area contributed by atoms with Gasteiger partial charge in [-0.3, -0.25) is 9.59 Å². The smallest absolute Gasteiger partial charge is 0.306 e. The molecule has 0 bridgehead atoms. The van der Waals surface area contributed by atoms with Crippen molar-refractivity contribution < 1.29 is 19.4 Å². The number of amides is 1. The van der Waals surface area contributed by atoms with Gasteiger partial charge in [-0.15, -0.1) is 0 Å². The standard InChI is InChI=1S/C18H31NO4/c1-2-23-11-10-18(8-3-4-9-18)13-19-16(20)14-6-5-7-15(12-14)17(21)22/h14-15H,2-13H2,1H3,(H,19,20)(H,21,22). The van der Waals surface area contributed by atoms with Gasteiger partial charge in [0, 0.05) is 25.7 Å². The lowest BCUT2D eigenvalue weighted by Gasteiger charge is -2.31. The zero-order valence-corrected chi connectivity index (χ0v) is 14.3. The van der Waals surface area contributed by atoms with Crippen LogP contribution < -0.4 is 5.32 Å². The summed E-state index contributed by atoms with van der Waals surface area (Å²) in [5, 5.41) is 12.3. The molecule has 5 heteroatoms. The molecule has 0 saturated heterocycles. The average molecular weight is 325 g/mol. The van der Waals surface area contributed by atoms with Crippen LogP contribution in [0.4, 0.5) is 0 Å². The van der Waals surface area contributed by atoms with Crippen LogP contribution in [0.25, 0.3) is 0 Å². The summed E-state index contributed by atoms with van der Waals surface area (Å²) >= 11 is 0. The lowest BCUT2D eigenvalue weighted by Crippen LogP contribution is -2.41. The Morgan fingerprint density at radius 3 is 2.52 bits per heavy atom. The first kappa shape index (κ1) is 18.2. The number of hydrogen-bond donors (Lipinski definition) is 2. The number of carbonyl (C=O) groups excluding carboxylic acids is 1. The zero-order valence-electron chi connectivity index (χ0n) is 14.3. The Kier molecular flexibility index (Phi) is 6.88. The summed E-state index contributed by atoms with van der Waals surface area (Å²) in [4.78, 5) is 23.6. The van der Waals surface area contributed by atoms with Crippen molar-refractivity contribution in [2.75, 3.05) is 19.8 Å². The molecular weight excluding hydrogens is 294 g/mol. The molecular formula is C18H31NO4. The van der Waals surface area contributed by atoms with E-state index in [4.69, 9.17) is 9.84 Å². The summed E-state index contributed by atoms with van der Waals surface area (Å²) < 4.78 is 5.51. The van der Waals surface area contributed by atoms with Gasteiger partial charge in [-0.05, 0) is 50.9 Å². The van der Waals surface area contributed by atoms with Crippen molar-refractivity contribution in [3.05, 3.63) is 0 Å². The molecule has 2 fully saturated rings. The minimum Gasteiger partial charge on any atom is -0.481 e. The van der Waals surface area contributed by atoms with Gasteiger partial charge in [0.2, 0.25) is 5.91 Å². The van der Waals surface area contributed by atoms with Gasteiger partial charge in [-0.25, -0.2) is 0 Å². The van der Waals surface area contributed by atoms with Crippen LogP contribution in [0.2, 0.25) is 0 Å². The Morgan fingerprint density at radius 1 is 1.17 bits per heavy atom. The number of aliphatic carboxylic acids is 1. The van der Waals surface area contributed by atoms with Gasteiger partial charge in [0.25, 0.3) is 0 Å². The Balaban J connectivity index is 1.82. The predicted octanol–water partition coefficient (Wildman–Crippen LogP) is 2.98. The summed E-state index contributed by atoms with van der Waals surface area (Å²) in [7, 11) is 0. The molecule has 1 amide bonds. The zero-order chi connectivity index (χ0) is 16.7. The Hall–Kier alpha value is -1.10. The fraction of sp³-hybridized carbons (Fsp3) is 0.889. The number of hydrogen-bond acceptors (Lipinski definition) is 3. The van der Waals surface area contributed by atoms with Gasteiger partial charge in [-0.2, -0.15) is 0 Å². The largest absolute Gasteiger partial charge is 0.481 e. The third kappa shape index (κ3) is 5.20. The molecule has 0 heterocycles. The minimum atomic E-state index is -0.758. The molecule has 2 atom stereocenters. The van der Waals surface area contributed by atoms with Crippen LogP contribution >= 0.6 is 0 Å². The van der Waals surface area contributed by atoms with Gasteiger partial charge in [0.15, 0.2) is 0 Å². The third-order valence-electron chi connectivity index (χ3n) is 5.68. The quantitative estimate of drug-likeness (QED) is 0.673. The van der Waals surface area contributed by atoms with Crippen LogP contribution in [-0.4, -0.2) is 36.7 Å². The fourth-order valence-corrected chi connectivity index (χ4v) is 4.14. The highest BCUT2D eigenvalue weighted by atomic mass is 16.5. The number of nitrogens with one attached hydrogen (secondary N) is 1. The molecule has 2 N–H and O–H groups in total. The van der Waals surface area contributed by atoms with Crippen molar-refractivity contribution in [1.82, 2.24) is 5.32 Å². The highest BCUT2D eigenvalue weighted by Gasteiger charge is 2.36. The summed E-state index contributed by atoms with van der Waals surface area (Å²) in [5.74, 6) is -1.18. The summed E-state index contributed by atoms with van der Waals surface area (Å²) in [6, 6.07) is 0. The molecule has 0 aliphatic heterocycles. The average Bonchev–Trinajstić information content (AvgIpc) is 3.02. The first-order chi connectivity index (χ1) is 11.1. The van der Waals surface area contributed by atoms with Crippen LogP contribution in [0.3, 0.4) is 0 Å². The van der Waals surface area contributed by atoms with E-state index in [0.717, 1.165) is 45.3 Å². The molecule has 0 spiro atoms. The Bertz CT molecular complexity index is 404. The predicted molar refractivity (Wildman–Crippen MR) is 88.1 cm³/mol. The second-order valence-electron chi connectivity index (χ2n) is 7.27. The summed E-state index contributed by atoms with van der Waals surface area (Å²) in [6.45, 7) is 4.22. The Morgan fingerprint density at radius 2 is 1.87 bits per heavy atom. The molecule has 0 radical (unpaired) electrons. The van der Waals surface area contributed by atoms with E-state index in [2.05, 4.69) is 5.32 Å². The maximum Gasteiger partial charge on any atom is 0.306 e. The molecule has 2 unspecified atom stereocenters. The van der Waals surface area contributed by atoms with Crippen molar-refractivity contribution in [3.8, 4) is 0 Å². The molecule has 2 rings (SSSR count). The molecule has 0 aromatic rings. The van der Waals surface area contributed by atoms with E-state index in [-0.39, 0.29) is 23.2 Å². The molecule has 23 heavy (non-hydrogen) atoms. The maximum atomic E-state index is 12.5. The SMILES string of the molecule is CCOCCC1(CNC(=O)C2CCCC(C(=O)O)C2)CCCC1. The van der Waals surface area contributed by atoms with Gasteiger partial charge >= 0.3 is 5.97 Å². The van der Waals surface area contributed by atoms with Gasteiger partial charge < -0.3 is 15.2 Å². The van der Waals surface area contributed by atoms with Gasteiger partial charge in [0.1, 0.15) is 0 Å². The van der Waals surface area contributed by atoms with Gasteiger partial charge in [0.05, 0.1) is 5.92 Å². The van der Waals surface area contributed by atoms with Crippen molar-refractivity contribution in [2.24, 2.45) is 17.3 Å². The second kappa shape index (κ2) is 8.67. The molecule has 5 nitrogen and oxygen atoms in total. The minimum absolute atomic E-state index is 0.0543. The summed E-state index contributed by atoms with van der Waals surface area (Å²) in [5.41, 5.74) is 0.186. The van der Waals surface area contributed by atoms with Crippen LogP contribution in [0.15, 0.2) is 0 Å². The normalized spacial score (nSPS) is 26.8. The van der Waals surface area contributed by atoms with E-state index < -0.39 is 5.97 Å². The molecule has 0 aromatic heterocycles. The third-order valence-corrected chi connectivity index (χ3v) is 5.68. The highest BCUT2D eigenvalue weighted by molar-refractivity contribution is 5.80. The van der Waals surface area contributed by atoms with Crippen molar-refractivity contribution in [3.63, 3.8) is 0 Å². The van der Waals surface area contributed by atoms with Crippen molar-refractivity contribution in [2.45, 2.75) is 64.7 Å². The van der Waals surface area contributed by atoms with Crippen molar-refractivity contribution in [1.29, 1.82) is 0 Å². The molecule has 2 aliphatic rings. The number of carbonyl (C=O) groups is 2. The summed E-state index contributed by atoms with van der Waals surface area (Å²) in [6.07, 6.45) is 8.63. The van der Waals surface area contributed by atoms with E-state index in [1.807, 2.05) is 6.92 Å². The topological polar surface area (TPSA) is 75.6 Å². The van der Waals surface area contributed by atoms with Crippen molar-refractivity contribution >= 4 is 11.9 Å². The van der Waals surface area contributed by atoms with Crippen LogP contribution in [-0.2, 0) is 14.3 Å². The molecule has 2 aliphatic carbocycles. The van der Waals surface area contributed by atoms with Crippen LogP contribution in [0.5, 0.6) is 0 Å². The first-order valence-electron chi connectivity index (χ1n) is 9.14. The number of ether oxygens (including phenoxy) is 1. The van der Waals surface area contributed by atoms with Crippen LogP contribution in [0, 0.1) is 17.3 Å². The number of rotatable bonds is 8. The molecule has 132 valence electrons. The molecule has 0 aromatic carbocycles. The van der Waals surface area contributed by atoms with Crippen LogP contribution in [0.1, 0.15) is 64.7 Å². The van der Waals surface area contributed by atoms with Gasteiger partial charge in [-0.1, -0.05) is 19.3 Å². The fourth-order valence-electron chi connectivity index (χ4n) is 4.14.